The number of aryl methyl sites for hydroxylation is 1. The van der Waals surface area contributed by atoms with Crippen LogP contribution in [0.15, 0.2) is 64.0 Å². The summed E-state index contributed by atoms with van der Waals surface area (Å²) >= 11 is 1.86. The molecule has 0 atom stereocenters. The van der Waals surface area contributed by atoms with Gasteiger partial charge < -0.3 is 0 Å². The Kier molecular flexibility index (Phi) is 2.56. The summed E-state index contributed by atoms with van der Waals surface area (Å²) in [6.07, 6.45) is 4.28. The Morgan fingerprint density at radius 3 is 2.74 bits per heavy atom. The van der Waals surface area contributed by atoms with Gasteiger partial charge >= 0.3 is 0 Å². The molecule has 0 radical (unpaired) electrons. The third-order valence-corrected chi connectivity index (χ3v) is 4.91. The van der Waals surface area contributed by atoms with E-state index in [1.54, 1.807) is 0 Å². The number of allylic oxidation sites excluding steroid dienone is 1. The van der Waals surface area contributed by atoms with Crippen LogP contribution in [0, 0.1) is 0 Å². The summed E-state index contributed by atoms with van der Waals surface area (Å²) in [5.74, 6) is 0. The van der Waals surface area contributed by atoms with Crippen molar-refractivity contribution in [1.29, 1.82) is 0 Å². The number of hydrogen-bond donors (Lipinski definition) is 0. The number of thioether (sulfide) groups is 1. The predicted octanol–water partition coefficient (Wildman–Crippen LogP) is 4.85. The van der Waals surface area contributed by atoms with Crippen molar-refractivity contribution in [3.63, 3.8) is 0 Å². The standard InChI is InChI=1S/C17H13NS/c1-2-6-14-12(5-1)9-10-13-11-18-15-7-3-4-8-16(15)19-17(13)14/h1-8,11H,9-10H2. The van der Waals surface area contributed by atoms with Gasteiger partial charge in [-0.05, 0) is 41.7 Å². The van der Waals surface area contributed by atoms with Crippen LogP contribution >= 0.6 is 11.8 Å². The van der Waals surface area contributed by atoms with E-state index in [2.05, 4.69) is 59.7 Å². The van der Waals surface area contributed by atoms with E-state index >= 15 is 0 Å². The van der Waals surface area contributed by atoms with Gasteiger partial charge in [0.2, 0.25) is 0 Å². The maximum Gasteiger partial charge on any atom is 0.0769 e. The van der Waals surface area contributed by atoms with Crippen molar-refractivity contribution in [2.75, 3.05) is 0 Å². The third kappa shape index (κ3) is 1.83. The molecule has 2 aromatic rings. The molecular weight excluding hydrogens is 250 g/mol. The van der Waals surface area contributed by atoms with Gasteiger partial charge in [-0.1, -0.05) is 48.2 Å². The van der Waals surface area contributed by atoms with Crippen LogP contribution in [0.25, 0.3) is 4.91 Å². The zero-order chi connectivity index (χ0) is 12.7. The first-order valence-corrected chi connectivity index (χ1v) is 7.36. The maximum absolute atomic E-state index is 4.64. The molecule has 0 saturated carbocycles. The van der Waals surface area contributed by atoms with Crippen LogP contribution in [0.4, 0.5) is 5.69 Å². The van der Waals surface area contributed by atoms with E-state index in [4.69, 9.17) is 0 Å². The molecule has 0 aromatic heterocycles. The van der Waals surface area contributed by atoms with E-state index in [1.165, 1.54) is 26.5 Å². The average Bonchev–Trinajstić information content (AvgIpc) is 2.66. The van der Waals surface area contributed by atoms with Crippen LogP contribution in [0.5, 0.6) is 0 Å². The summed E-state index contributed by atoms with van der Waals surface area (Å²) in [5, 5.41) is 0. The van der Waals surface area contributed by atoms with Crippen LogP contribution in [-0.2, 0) is 6.42 Å². The van der Waals surface area contributed by atoms with Gasteiger partial charge in [-0.2, -0.15) is 0 Å². The molecule has 4 rings (SSSR count). The van der Waals surface area contributed by atoms with E-state index in [0.717, 1.165) is 18.5 Å². The molecule has 19 heavy (non-hydrogen) atoms. The number of nitrogens with zero attached hydrogens (tertiary/aromatic N) is 1. The Hall–Kier alpha value is -1.80. The zero-order valence-corrected chi connectivity index (χ0v) is 11.3. The lowest BCUT2D eigenvalue weighted by Gasteiger charge is -2.20. The molecule has 0 N–H and O–H groups in total. The highest BCUT2D eigenvalue weighted by Gasteiger charge is 2.21. The Labute approximate surface area is 117 Å². The average molecular weight is 263 g/mol. The summed E-state index contributed by atoms with van der Waals surface area (Å²) in [4.78, 5) is 7.28. The molecule has 0 bridgehead atoms. The molecule has 1 aliphatic heterocycles. The minimum atomic E-state index is 1.08. The van der Waals surface area contributed by atoms with Crippen molar-refractivity contribution in [2.24, 2.45) is 4.99 Å². The molecule has 1 heterocycles. The summed E-state index contributed by atoms with van der Waals surface area (Å²) in [7, 11) is 0. The van der Waals surface area contributed by atoms with Crippen molar-refractivity contribution >= 4 is 28.6 Å². The number of para-hydroxylation sites is 1. The molecule has 2 aromatic carbocycles. The quantitative estimate of drug-likeness (QED) is 0.661. The van der Waals surface area contributed by atoms with Crippen LogP contribution < -0.4 is 0 Å². The number of aliphatic imine (C=N–C) groups is 1. The second-order valence-electron chi connectivity index (χ2n) is 4.84. The molecule has 2 aliphatic rings. The first-order chi connectivity index (χ1) is 9.42. The fourth-order valence-electron chi connectivity index (χ4n) is 2.67. The van der Waals surface area contributed by atoms with E-state index in [-0.39, 0.29) is 0 Å². The number of benzene rings is 2. The van der Waals surface area contributed by atoms with Crippen molar-refractivity contribution in [3.05, 3.63) is 65.2 Å². The molecule has 0 saturated heterocycles. The molecular formula is C17H13NS. The molecule has 0 amide bonds. The normalized spacial score (nSPS) is 16.4. The van der Waals surface area contributed by atoms with Gasteiger partial charge in [0.05, 0.1) is 5.69 Å². The maximum atomic E-state index is 4.64. The van der Waals surface area contributed by atoms with Crippen LogP contribution in [0.3, 0.4) is 0 Å². The topological polar surface area (TPSA) is 12.4 Å². The Balaban J connectivity index is 1.90. The molecule has 92 valence electrons. The SMILES string of the molecule is C1=Nc2ccccc2SC2=C1CCc1ccccc12. The Morgan fingerprint density at radius 2 is 1.74 bits per heavy atom. The van der Waals surface area contributed by atoms with Gasteiger partial charge in [0.1, 0.15) is 0 Å². The van der Waals surface area contributed by atoms with Gasteiger partial charge in [0.15, 0.2) is 0 Å². The van der Waals surface area contributed by atoms with E-state index < -0.39 is 0 Å². The van der Waals surface area contributed by atoms with Crippen molar-refractivity contribution < 1.29 is 0 Å². The Morgan fingerprint density at radius 1 is 0.895 bits per heavy atom. The lowest BCUT2D eigenvalue weighted by Crippen LogP contribution is -2.03. The lowest BCUT2D eigenvalue weighted by atomic mass is 9.92. The van der Waals surface area contributed by atoms with E-state index in [0.29, 0.717) is 0 Å². The minimum absolute atomic E-state index is 1.08. The highest BCUT2D eigenvalue weighted by Crippen LogP contribution is 2.46. The van der Waals surface area contributed by atoms with Gasteiger partial charge in [0, 0.05) is 16.0 Å². The first kappa shape index (κ1) is 11.1. The van der Waals surface area contributed by atoms with Crippen LogP contribution in [0.1, 0.15) is 17.5 Å². The molecule has 0 fully saturated rings. The van der Waals surface area contributed by atoms with Crippen molar-refractivity contribution in [3.8, 4) is 0 Å². The van der Waals surface area contributed by atoms with Gasteiger partial charge in [0.25, 0.3) is 0 Å². The molecule has 2 heteroatoms. The fourth-order valence-corrected chi connectivity index (χ4v) is 3.85. The van der Waals surface area contributed by atoms with E-state index in [9.17, 15) is 0 Å². The van der Waals surface area contributed by atoms with Gasteiger partial charge in [-0.25, -0.2) is 0 Å². The minimum Gasteiger partial charge on any atom is -0.255 e. The summed E-state index contributed by atoms with van der Waals surface area (Å²) in [6.45, 7) is 0. The lowest BCUT2D eigenvalue weighted by molar-refractivity contribution is 0.962. The van der Waals surface area contributed by atoms with Crippen molar-refractivity contribution in [2.45, 2.75) is 17.7 Å². The van der Waals surface area contributed by atoms with Gasteiger partial charge in [-0.15, -0.1) is 0 Å². The molecule has 0 spiro atoms. The van der Waals surface area contributed by atoms with Crippen LogP contribution in [-0.4, -0.2) is 6.21 Å². The summed E-state index contributed by atoms with van der Waals surface area (Å²) in [5.41, 5.74) is 5.30. The third-order valence-electron chi connectivity index (χ3n) is 3.65. The first-order valence-electron chi connectivity index (χ1n) is 6.54. The summed E-state index contributed by atoms with van der Waals surface area (Å²) < 4.78 is 0. The Bertz CT molecular complexity index is 713. The molecule has 1 nitrogen and oxygen atoms in total. The highest BCUT2D eigenvalue weighted by atomic mass is 32.2. The summed E-state index contributed by atoms with van der Waals surface area (Å²) in [6, 6.07) is 17.1. The second kappa shape index (κ2) is 4.39. The largest absolute Gasteiger partial charge is 0.255 e. The van der Waals surface area contributed by atoms with Crippen molar-refractivity contribution in [1.82, 2.24) is 0 Å². The number of fused-ring (bicyclic) bond motifs is 3. The second-order valence-corrected chi connectivity index (χ2v) is 5.89. The smallest absolute Gasteiger partial charge is 0.0769 e. The predicted molar refractivity (Wildman–Crippen MR) is 82.1 cm³/mol. The highest BCUT2D eigenvalue weighted by molar-refractivity contribution is 8.08. The van der Waals surface area contributed by atoms with E-state index in [1.807, 2.05) is 11.8 Å². The van der Waals surface area contributed by atoms with Crippen LogP contribution in [0.2, 0.25) is 0 Å². The molecule has 0 unspecified atom stereocenters. The number of rotatable bonds is 0. The van der Waals surface area contributed by atoms with Gasteiger partial charge in [-0.3, -0.25) is 4.99 Å². The zero-order valence-electron chi connectivity index (χ0n) is 10.5. The number of hydrogen-bond acceptors (Lipinski definition) is 2. The fraction of sp³-hybridized carbons (Fsp3) is 0.118. The molecule has 1 aliphatic carbocycles. The monoisotopic (exact) mass is 263 g/mol.